The number of Topliss-reactive ketones (excluding diaryl/α,β-unsaturated/α-hetero) is 1. The number of hydrogen-bond donors (Lipinski definition) is 0. The van der Waals surface area contributed by atoms with Crippen molar-refractivity contribution in [1.29, 1.82) is 0 Å². The van der Waals surface area contributed by atoms with Gasteiger partial charge in [0.1, 0.15) is 23.9 Å². The van der Waals surface area contributed by atoms with Crippen LogP contribution < -0.4 is 9.47 Å². The summed E-state index contributed by atoms with van der Waals surface area (Å²) in [7, 11) is 0. The summed E-state index contributed by atoms with van der Waals surface area (Å²) < 4.78 is 25.1. The lowest BCUT2D eigenvalue weighted by Gasteiger charge is -2.18. The molecule has 0 unspecified atom stereocenters. The van der Waals surface area contributed by atoms with E-state index in [-0.39, 0.29) is 23.6 Å². The summed E-state index contributed by atoms with van der Waals surface area (Å²) in [6, 6.07) is 17.9. The summed E-state index contributed by atoms with van der Waals surface area (Å²) in [6.07, 6.45) is 1.77. The van der Waals surface area contributed by atoms with Gasteiger partial charge in [-0.15, -0.1) is 0 Å². The average Bonchev–Trinajstić information content (AvgIpc) is 3.02. The number of hydrogen-bond acceptors (Lipinski definition) is 3. The first-order valence-corrected chi connectivity index (χ1v) is 10.3. The van der Waals surface area contributed by atoms with Crippen LogP contribution in [0.5, 0.6) is 11.5 Å². The molecule has 0 N–H and O–H groups in total. The van der Waals surface area contributed by atoms with Crippen molar-refractivity contribution >= 4 is 11.9 Å². The Balaban J connectivity index is 1.54. The topological polar surface area (TPSA) is 35.5 Å². The Labute approximate surface area is 182 Å². The molecule has 0 spiro atoms. The Bertz CT molecular complexity index is 1170. The quantitative estimate of drug-likeness (QED) is 0.448. The van der Waals surface area contributed by atoms with Crippen LogP contribution in [0, 0.1) is 12.7 Å². The first-order valence-electron chi connectivity index (χ1n) is 10.3. The predicted octanol–water partition coefficient (Wildman–Crippen LogP) is 6.63. The van der Waals surface area contributed by atoms with Crippen molar-refractivity contribution in [2.75, 3.05) is 0 Å². The first-order chi connectivity index (χ1) is 14.7. The molecule has 3 aromatic rings. The molecule has 0 radical (unpaired) electrons. The number of allylic oxidation sites excluding steroid dienone is 1. The second-order valence-electron chi connectivity index (χ2n) is 8.84. The van der Waals surface area contributed by atoms with Crippen LogP contribution in [0.2, 0.25) is 0 Å². The van der Waals surface area contributed by atoms with E-state index in [0.717, 1.165) is 16.7 Å². The zero-order valence-corrected chi connectivity index (χ0v) is 18.2. The summed E-state index contributed by atoms with van der Waals surface area (Å²) in [5.41, 5.74) is 4.27. The van der Waals surface area contributed by atoms with E-state index >= 15 is 0 Å². The highest BCUT2D eigenvalue weighted by molar-refractivity contribution is 6.15. The smallest absolute Gasteiger partial charge is 0.232 e. The van der Waals surface area contributed by atoms with Gasteiger partial charge in [-0.2, -0.15) is 0 Å². The number of rotatable bonds is 4. The van der Waals surface area contributed by atoms with Gasteiger partial charge < -0.3 is 9.47 Å². The van der Waals surface area contributed by atoms with E-state index in [2.05, 4.69) is 32.9 Å². The minimum absolute atomic E-state index is 0.0701. The first kappa shape index (κ1) is 20.9. The minimum atomic E-state index is -0.300. The summed E-state index contributed by atoms with van der Waals surface area (Å²) >= 11 is 0. The molecule has 1 aliphatic rings. The van der Waals surface area contributed by atoms with E-state index in [9.17, 15) is 9.18 Å². The second kappa shape index (κ2) is 8.03. The number of ether oxygens (including phenoxy) is 2. The highest BCUT2D eigenvalue weighted by Gasteiger charge is 2.30. The molecular weight excluding hydrogens is 391 g/mol. The Morgan fingerprint density at radius 1 is 1.03 bits per heavy atom. The Kier molecular flexibility index (Phi) is 5.40. The highest BCUT2D eigenvalue weighted by Crippen LogP contribution is 2.38. The van der Waals surface area contributed by atoms with E-state index in [1.807, 2.05) is 19.1 Å². The lowest BCUT2D eigenvalue weighted by molar-refractivity contribution is 0.101. The van der Waals surface area contributed by atoms with Crippen molar-refractivity contribution in [1.82, 2.24) is 0 Å². The van der Waals surface area contributed by atoms with Crippen molar-refractivity contribution < 1.29 is 18.7 Å². The van der Waals surface area contributed by atoms with Gasteiger partial charge in [0.15, 0.2) is 5.76 Å². The molecule has 0 aliphatic carbocycles. The summed E-state index contributed by atoms with van der Waals surface area (Å²) in [5, 5.41) is 0. The SMILES string of the molecule is Cc1cc(OCc2cccc(F)c2)cc2c1C(=O)/C(=C/c1ccc(C(C)(C)C)cc1)O2. The molecule has 1 heterocycles. The zero-order chi connectivity index (χ0) is 22.2. The normalized spacial score (nSPS) is 14.5. The maximum absolute atomic E-state index is 13.4. The maximum Gasteiger partial charge on any atom is 0.232 e. The highest BCUT2D eigenvalue weighted by atomic mass is 19.1. The van der Waals surface area contributed by atoms with E-state index in [0.29, 0.717) is 22.8 Å². The van der Waals surface area contributed by atoms with Crippen molar-refractivity contribution in [3.8, 4) is 11.5 Å². The zero-order valence-electron chi connectivity index (χ0n) is 18.2. The molecule has 0 fully saturated rings. The van der Waals surface area contributed by atoms with Gasteiger partial charge in [0, 0.05) is 6.07 Å². The van der Waals surface area contributed by atoms with Crippen molar-refractivity contribution in [3.63, 3.8) is 0 Å². The van der Waals surface area contributed by atoms with Crippen molar-refractivity contribution in [2.24, 2.45) is 0 Å². The fourth-order valence-electron chi connectivity index (χ4n) is 3.58. The molecule has 4 rings (SSSR count). The number of aryl methyl sites for hydroxylation is 1. The van der Waals surface area contributed by atoms with Crippen LogP contribution in [-0.2, 0) is 12.0 Å². The van der Waals surface area contributed by atoms with Crippen LogP contribution in [0.4, 0.5) is 4.39 Å². The number of halogens is 1. The van der Waals surface area contributed by atoms with E-state index in [1.165, 1.54) is 17.7 Å². The molecule has 0 saturated carbocycles. The van der Waals surface area contributed by atoms with Crippen LogP contribution in [0.25, 0.3) is 6.08 Å². The summed E-state index contributed by atoms with van der Waals surface area (Å²) in [4.78, 5) is 12.9. The minimum Gasteiger partial charge on any atom is -0.489 e. The third-order valence-electron chi connectivity index (χ3n) is 5.31. The molecule has 4 heteroatoms. The van der Waals surface area contributed by atoms with Crippen LogP contribution in [0.1, 0.15) is 53.4 Å². The molecule has 0 saturated heterocycles. The molecule has 3 aromatic carbocycles. The Morgan fingerprint density at radius 3 is 2.45 bits per heavy atom. The monoisotopic (exact) mass is 416 g/mol. The number of ketones is 1. The third kappa shape index (κ3) is 4.53. The van der Waals surface area contributed by atoms with Crippen LogP contribution in [-0.4, -0.2) is 5.78 Å². The fraction of sp³-hybridized carbons (Fsp3) is 0.222. The third-order valence-corrected chi connectivity index (χ3v) is 5.31. The molecule has 158 valence electrons. The molecule has 3 nitrogen and oxygen atoms in total. The molecule has 0 atom stereocenters. The van der Waals surface area contributed by atoms with Gasteiger partial charge in [0.25, 0.3) is 0 Å². The molecule has 0 aromatic heterocycles. The standard InChI is InChI=1S/C27H25FO3/c1-17-12-22(30-16-19-6-5-7-21(28)13-19)15-23-25(17)26(29)24(31-23)14-18-8-10-20(11-9-18)27(2,3)4/h5-15H,16H2,1-4H3/b24-14-. The van der Waals surface area contributed by atoms with Gasteiger partial charge in [-0.25, -0.2) is 4.39 Å². The lowest BCUT2D eigenvalue weighted by atomic mass is 9.86. The number of fused-ring (bicyclic) bond motifs is 1. The second-order valence-corrected chi connectivity index (χ2v) is 8.84. The molecule has 1 aliphatic heterocycles. The molecular formula is C27H25FO3. The fourth-order valence-corrected chi connectivity index (χ4v) is 3.58. The van der Waals surface area contributed by atoms with E-state index < -0.39 is 0 Å². The van der Waals surface area contributed by atoms with Crippen molar-refractivity contribution in [2.45, 2.75) is 39.7 Å². The Morgan fingerprint density at radius 2 is 1.77 bits per heavy atom. The molecule has 0 amide bonds. The molecule has 0 bridgehead atoms. The van der Waals surface area contributed by atoms with E-state index in [1.54, 1.807) is 30.3 Å². The summed E-state index contributed by atoms with van der Waals surface area (Å²) in [5.74, 6) is 0.916. The van der Waals surface area contributed by atoms with Crippen LogP contribution in [0.15, 0.2) is 66.4 Å². The van der Waals surface area contributed by atoms with Gasteiger partial charge in [0.2, 0.25) is 5.78 Å². The van der Waals surface area contributed by atoms with Crippen molar-refractivity contribution in [3.05, 3.63) is 100 Å². The molecule has 31 heavy (non-hydrogen) atoms. The summed E-state index contributed by atoms with van der Waals surface area (Å²) in [6.45, 7) is 8.58. The maximum atomic E-state index is 13.4. The average molecular weight is 416 g/mol. The van der Waals surface area contributed by atoms with Gasteiger partial charge in [-0.05, 0) is 58.9 Å². The van der Waals surface area contributed by atoms with Crippen LogP contribution >= 0.6 is 0 Å². The lowest BCUT2D eigenvalue weighted by Crippen LogP contribution is -2.10. The number of carbonyl (C=O) groups is 1. The van der Waals surface area contributed by atoms with Gasteiger partial charge >= 0.3 is 0 Å². The number of benzene rings is 3. The predicted molar refractivity (Wildman–Crippen MR) is 120 cm³/mol. The van der Waals surface area contributed by atoms with Gasteiger partial charge in [-0.3, -0.25) is 4.79 Å². The van der Waals surface area contributed by atoms with Gasteiger partial charge in [0.05, 0.1) is 5.56 Å². The van der Waals surface area contributed by atoms with Gasteiger partial charge in [-0.1, -0.05) is 57.2 Å². The largest absolute Gasteiger partial charge is 0.489 e. The number of carbonyl (C=O) groups excluding carboxylic acids is 1. The van der Waals surface area contributed by atoms with Crippen LogP contribution in [0.3, 0.4) is 0 Å². The Hall–Kier alpha value is -3.40. The van der Waals surface area contributed by atoms with E-state index in [4.69, 9.17) is 9.47 Å².